The van der Waals surface area contributed by atoms with E-state index in [1.54, 1.807) is 30.3 Å². The number of aryl methyl sites for hydroxylation is 1. The molecule has 0 aromatic heterocycles. The minimum atomic E-state index is -1.07. The lowest BCUT2D eigenvalue weighted by molar-refractivity contribution is -0.385. The maximum Gasteiger partial charge on any atom is 0.295 e. The molecular weight excluding hydrogens is 388 g/mol. The van der Waals surface area contributed by atoms with Gasteiger partial charge in [0, 0.05) is 31.9 Å². The van der Waals surface area contributed by atoms with Gasteiger partial charge in [-0.1, -0.05) is 42.0 Å². The Kier molecular flexibility index (Phi) is 6.27. The van der Waals surface area contributed by atoms with Crippen molar-refractivity contribution < 1.29 is 24.4 Å². The monoisotopic (exact) mass is 410 g/mol. The molecule has 0 saturated carbocycles. The molecule has 156 valence electrons. The van der Waals surface area contributed by atoms with Gasteiger partial charge in [0.25, 0.3) is 17.4 Å². The van der Waals surface area contributed by atoms with E-state index < -0.39 is 22.7 Å². The van der Waals surface area contributed by atoms with Gasteiger partial charge in [-0.3, -0.25) is 19.7 Å². The van der Waals surface area contributed by atoms with E-state index >= 15 is 0 Å². The average molecular weight is 410 g/mol. The van der Waals surface area contributed by atoms with E-state index in [0.29, 0.717) is 18.6 Å². The van der Waals surface area contributed by atoms with Gasteiger partial charge >= 0.3 is 0 Å². The predicted molar refractivity (Wildman–Crippen MR) is 110 cm³/mol. The number of benzene rings is 2. The number of nitro groups is 1. The lowest BCUT2D eigenvalue weighted by Crippen LogP contribution is -2.31. The van der Waals surface area contributed by atoms with Crippen LogP contribution >= 0.6 is 0 Å². The third kappa shape index (κ3) is 3.95. The number of hydrogen-bond donors (Lipinski definition) is 1. The van der Waals surface area contributed by atoms with E-state index in [1.165, 1.54) is 30.2 Å². The first kappa shape index (κ1) is 21.2. The van der Waals surface area contributed by atoms with Crippen LogP contribution in [0.25, 0.3) is 5.76 Å². The number of ether oxygens (including phenoxy) is 1. The summed E-state index contributed by atoms with van der Waals surface area (Å²) in [6.07, 6.45) is 0.436. The van der Waals surface area contributed by atoms with Crippen molar-refractivity contribution in [1.82, 2.24) is 4.90 Å². The molecule has 0 aliphatic carbocycles. The third-order valence-corrected chi connectivity index (χ3v) is 5.04. The SMILES string of the molecule is COCCCN1C(=O)C(=O)/C(=C(\O)c2ccc(C)cc2)C1c1ccccc1[N+](=O)[O-]. The van der Waals surface area contributed by atoms with Crippen molar-refractivity contribution in [3.8, 4) is 0 Å². The van der Waals surface area contributed by atoms with Gasteiger partial charge in [0.2, 0.25) is 0 Å². The molecule has 8 heteroatoms. The largest absolute Gasteiger partial charge is 0.507 e. The number of hydrogen-bond acceptors (Lipinski definition) is 6. The zero-order chi connectivity index (χ0) is 21.8. The number of carbonyl (C=O) groups is 2. The standard InChI is InChI=1S/C22H22N2O6/c1-14-8-10-15(11-9-14)20(25)18-19(16-6-3-4-7-17(16)24(28)29)23(12-5-13-30-2)22(27)21(18)26/h3-4,6-11,19,25H,5,12-13H2,1-2H3/b20-18-. The van der Waals surface area contributed by atoms with Crippen LogP contribution in [0, 0.1) is 17.0 Å². The molecule has 1 saturated heterocycles. The number of carbonyl (C=O) groups excluding carboxylic acids is 2. The van der Waals surface area contributed by atoms with Crippen LogP contribution in [0.5, 0.6) is 0 Å². The highest BCUT2D eigenvalue weighted by Crippen LogP contribution is 2.42. The number of Topliss-reactive ketones (excluding diaryl/α,β-unsaturated/α-hetero) is 1. The maximum atomic E-state index is 12.9. The molecule has 30 heavy (non-hydrogen) atoms. The second kappa shape index (κ2) is 8.87. The first-order chi connectivity index (χ1) is 14.4. The Balaban J connectivity index is 2.20. The number of para-hydroxylation sites is 1. The Morgan fingerprint density at radius 3 is 2.47 bits per heavy atom. The lowest BCUT2D eigenvalue weighted by Gasteiger charge is -2.25. The van der Waals surface area contributed by atoms with E-state index in [2.05, 4.69) is 0 Å². The molecule has 3 rings (SSSR count). The predicted octanol–water partition coefficient (Wildman–Crippen LogP) is 3.36. The van der Waals surface area contributed by atoms with Gasteiger partial charge in [0.1, 0.15) is 5.76 Å². The van der Waals surface area contributed by atoms with Crippen LogP contribution in [-0.4, -0.2) is 46.9 Å². The van der Waals surface area contributed by atoms with Gasteiger partial charge in [-0.15, -0.1) is 0 Å². The Labute approximate surface area is 173 Å². The summed E-state index contributed by atoms with van der Waals surface area (Å²) in [4.78, 5) is 38.0. The van der Waals surface area contributed by atoms with Crippen LogP contribution in [0.1, 0.15) is 29.2 Å². The normalized spacial score (nSPS) is 18.1. The van der Waals surface area contributed by atoms with E-state index in [4.69, 9.17) is 4.74 Å². The van der Waals surface area contributed by atoms with E-state index in [1.807, 2.05) is 6.92 Å². The fourth-order valence-corrected chi connectivity index (χ4v) is 3.57. The van der Waals surface area contributed by atoms with E-state index in [0.717, 1.165) is 5.56 Å². The van der Waals surface area contributed by atoms with Crippen LogP contribution < -0.4 is 0 Å². The van der Waals surface area contributed by atoms with Gasteiger partial charge in [0.05, 0.1) is 22.1 Å². The van der Waals surface area contributed by atoms with E-state index in [-0.39, 0.29) is 29.1 Å². The first-order valence-corrected chi connectivity index (χ1v) is 9.44. The van der Waals surface area contributed by atoms with Crippen molar-refractivity contribution in [2.75, 3.05) is 20.3 Å². The van der Waals surface area contributed by atoms with Crippen LogP contribution in [0.3, 0.4) is 0 Å². The molecule has 1 amide bonds. The fourth-order valence-electron chi connectivity index (χ4n) is 3.57. The van der Waals surface area contributed by atoms with Crippen molar-refractivity contribution in [3.63, 3.8) is 0 Å². The molecular formula is C22H22N2O6. The summed E-state index contributed by atoms with van der Waals surface area (Å²) in [6, 6.07) is 11.7. The second-order valence-corrected chi connectivity index (χ2v) is 7.02. The molecule has 2 aromatic rings. The highest BCUT2D eigenvalue weighted by Gasteiger charge is 2.47. The highest BCUT2D eigenvalue weighted by molar-refractivity contribution is 6.46. The Morgan fingerprint density at radius 2 is 1.83 bits per heavy atom. The average Bonchev–Trinajstić information content (AvgIpc) is 2.99. The van der Waals surface area contributed by atoms with Crippen molar-refractivity contribution in [1.29, 1.82) is 0 Å². The van der Waals surface area contributed by atoms with Gasteiger partial charge in [0.15, 0.2) is 0 Å². The zero-order valence-electron chi connectivity index (χ0n) is 16.7. The molecule has 1 heterocycles. The number of aliphatic hydroxyl groups excluding tert-OH is 1. The summed E-state index contributed by atoms with van der Waals surface area (Å²) < 4.78 is 5.03. The number of methoxy groups -OCH3 is 1. The summed E-state index contributed by atoms with van der Waals surface area (Å²) in [5.41, 5.74) is 1.11. The molecule has 1 fully saturated rings. The van der Waals surface area contributed by atoms with Gasteiger partial charge in [-0.05, 0) is 19.4 Å². The molecule has 8 nitrogen and oxygen atoms in total. The third-order valence-electron chi connectivity index (χ3n) is 5.04. The summed E-state index contributed by atoms with van der Waals surface area (Å²) >= 11 is 0. The summed E-state index contributed by atoms with van der Waals surface area (Å²) in [7, 11) is 1.52. The molecule has 0 spiro atoms. The van der Waals surface area contributed by atoms with Crippen molar-refractivity contribution in [2.24, 2.45) is 0 Å². The number of nitrogens with zero attached hydrogens (tertiary/aromatic N) is 2. The van der Waals surface area contributed by atoms with Crippen LogP contribution in [-0.2, 0) is 14.3 Å². The lowest BCUT2D eigenvalue weighted by atomic mass is 9.94. The molecule has 1 unspecified atom stereocenters. The molecule has 0 bridgehead atoms. The molecule has 1 N–H and O–H groups in total. The molecule has 1 aliphatic heterocycles. The molecule has 1 atom stereocenters. The number of amides is 1. The quantitative estimate of drug-likeness (QED) is 0.187. The maximum absolute atomic E-state index is 12.9. The summed E-state index contributed by atoms with van der Waals surface area (Å²) in [6.45, 7) is 2.39. The Hall–Kier alpha value is -3.52. The molecule has 2 aromatic carbocycles. The summed E-state index contributed by atoms with van der Waals surface area (Å²) in [5, 5.41) is 22.5. The van der Waals surface area contributed by atoms with Crippen LogP contribution in [0.4, 0.5) is 5.69 Å². The van der Waals surface area contributed by atoms with Crippen molar-refractivity contribution in [2.45, 2.75) is 19.4 Å². The summed E-state index contributed by atoms with van der Waals surface area (Å²) in [5.74, 6) is -2.03. The van der Waals surface area contributed by atoms with Gasteiger partial charge in [-0.2, -0.15) is 0 Å². The minimum absolute atomic E-state index is 0.153. The second-order valence-electron chi connectivity index (χ2n) is 7.02. The Morgan fingerprint density at radius 1 is 1.17 bits per heavy atom. The minimum Gasteiger partial charge on any atom is -0.507 e. The fraction of sp³-hybridized carbons (Fsp3) is 0.273. The van der Waals surface area contributed by atoms with Crippen molar-refractivity contribution >= 4 is 23.1 Å². The molecule has 1 aliphatic rings. The molecule has 0 radical (unpaired) electrons. The first-order valence-electron chi connectivity index (χ1n) is 9.44. The number of aliphatic hydroxyl groups is 1. The Bertz CT molecular complexity index is 1010. The number of ketones is 1. The number of likely N-dealkylation sites (tertiary alicyclic amines) is 1. The van der Waals surface area contributed by atoms with Crippen LogP contribution in [0.15, 0.2) is 54.1 Å². The van der Waals surface area contributed by atoms with E-state index in [9.17, 15) is 24.8 Å². The van der Waals surface area contributed by atoms with Crippen molar-refractivity contribution in [3.05, 3.63) is 80.9 Å². The highest BCUT2D eigenvalue weighted by atomic mass is 16.6. The number of nitro benzene ring substituents is 1. The van der Waals surface area contributed by atoms with Crippen LogP contribution in [0.2, 0.25) is 0 Å². The number of rotatable bonds is 7. The van der Waals surface area contributed by atoms with Gasteiger partial charge < -0.3 is 14.7 Å². The zero-order valence-corrected chi connectivity index (χ0v) is 16.7. The topological polar surface area (TPSA) is 110 Å². The smallest absolute Gasteiger partial charge is 0.295 e. The van der Waals surface area contributed by atoms with Gasteiger partial charge in [-0.25, -0.2) is 0 Å².